The Hall–Kier alpha value is -3.50. The third-order valence-corrected chi connectivity index (χ3v) is 7.00. The zero-order valence-corrected chi connectivity index (χ0v) is 17.5. The van der Waals surface area contributed by atoms with Crippen LogP contribution in [0.1, 0.15) is 18.1 Å². The van der Waals surface area contributed by atoms with E-state index in [2.05, 4.69) is 10.6 Å². The summed E-state index contributed by atoms with van der Waals surface area (Å²) in [5.74, 6) is -3.17. The van der Waals surface area contributed by atoms with Crippen molar-refractivity contribution in [1.82, 2.24) is 10.2 Å². The number of aliphatic hydroxyl groups excluding tert-OH is 1. The number of nitrogens with zero attached hydrogens (tertiary/aromatic N) is 1. The van der Waals surface area contributed by atoms with E-state index >= 15 is 0 Å². The van der Waals surface area contributed by atoms with Crippen molar-refractivity contribution in [3.05, 3.63) is 53.3 Å². The van der Waals surface area contributed by atoms with Crippen LogP contribution in [0.3, 0.4) is 0 Å². The number of amides is 3. The second-order valence-electron chi connectivity index (χ2n) is 8.82. The highest BCUT2D eigenvalue weighted by Gasteiger charge is 2.71. The summed E-state index contributed by atoms with van der Waals surface area (Å²) in [4.78, 5) is 41.5. The third kappa shape index (κ3) is 2.61. The predicted molar refractivity (Wildman–Crippen MR) is 110 cm³/mol. The van der Waals surface area contributed by atoms with Crippen LogP contribution in [0.4, 0.5) is 10.1 Å². The fourth-order valence-corrected chi connectivity index (χ4v) is 5.56. The van der Waals surface area contributed by atoms with Crippen molar-refractivity contribution in [2.24, 2.45) is 11.8 Å². The minimum absolute atomic E-state index is 0.0262. The topological polar surface area (TPSA) is 117 Å². The van der Waals surface area contributed by atoms with Crippen molar-refractivity contribution in [1.29, 1.82) is 0 Å². The van der Waals surface area contributed by atoms with E-state index in [0.717, 1.165) is 4.90 Å². The monoisotopic (exact) mass is 453 g/mol. The second kappa shape index (κ2) is 6.75. The molecule has 2 saturated heterocycles. The van der Waals surface area contributed by atoms with Crippen LogP contribution in [0.5, 0.6) is 11.5 Å². The molecular weight excluding hydrogens is 433 g/mol. The number of carbonyl (C=O) groups excluding carboxylic acids is 3. The Labute approximate surface area is 187 Å². The fourth-order valence-electron chi connectivity index (χ4n) is 5.56. The molecule has 0 saturated carbocycles. The summed E-state index contributed by atoms with van der Waals surface area (Å²) in [7, 11) is 0. The predicted octanol–water partition coefficient (Wildman–Crippen LogP) is 0.856. The first kappa shape index (κ1) is 20.1. The van der Waals surface area contributed by atoms with E-state index < -0.39 is 53.1 Å². The van der Waals surface area contributed by atoms with Gasteiger partial charge in [0.2, 0.25) is 24.5 Å². The lowest BCUT2D eigenvalue weighted by Gasteiger charge is -2.30. The molecule has 4 aliphatic rings. The SMILES string of the molecule is CC(O)C1NC2(C(=O)Nc3ccc(F)cc32)[C@@H]2C(=O)N(Cc3ccc4c(c3)OCO4)C(=O)[C@H]12. The van der Waals surface area contributed by atoms with Crippen molar-refractivity contribution in [2.45, 2.75) is 31.2 Å². The van der Waals surface area contributed by atoms with Gasteiger partial charge in [-0.2, -0.15) is 0 Å². The summed E-state index contributed by atoms with van der Waals surface area (Å²) < 4.78 is 24.9. The maximum absolute atomic E-state index is 14.2. The second-order valence-corrected chi connectivity index (χ2v) is 8.82. The molecule has 3 amide bonds. The molecule has 0 radical (unpaired) electrons. The number of fused-ring (bicyclic) bond motifs is 5. The first-order valence-corrected chi connectivity index (χ1v) is 10.6. The van der Waals surface area contributed by atoms with E-state index in [1.165, 1.54) is 25.1 Å². The van der Waals surface area contributed by atoms with Crippen molar-refractivity contribution in [2.75, 3.05) is 12.1 Å². The minimum Gasteiger partial charge on any atom is -0.454 e. The Balaban J connectivity index is 1.42. The highest BCUT2D eigenvalue weighted by Crippen LogP contribution is 2.53. The molecule has 4 aliphatic heterocycles. The summed E-state index contributed by atoms with van der Waals surface area (Å²) >= 11 is 0. The standard InChI is InChI=1S/C23H20FN3O6/c1-10(28)19-17-18(23(26-19)13-7-12(24)3-4-14(13)25-22(23)31)21(30)27(20(17)29)8-11-2-5-15-16(6-11)33-9-32-15/h2-7,10,17-19,26,28H,8-9H2,1H3,(H,25,31)/t10?,17-,18-,19?,23?/m0/s1. The average molecular weight is 453 g/mol. The molecule has 3 unspecified atom stereocenters. The highest BCUT2D eigenvalue weighted by atomic mass is 19.1. The van der Waals surface area contributed by atoms with Gasteiger partial charge in [-0.15, -0.1) is 0 Å². The number of imide groups is 1. The van der Waals surface area contributed by atoms with Gasteiger partial charge < -0.3 is 19.9 Å². The zero-order valence-electron chi connectivity index (χ0n) is 17.5. The Bertz CT molecular complexity index is 1230. The quantitative estimate of drug-likeness (QED) is 0.590. The van der Waals surface area contributed by atoms with Crippen LogP contribution in [-0.4, -0.2) is 46.7 Å². The average Bonchev–Trinajstić information content (AvgIpc) is 3.51. The van der Waals surface area contributed by atoms with E-state index in [9.17, 15) is 23.9 Å². The van der Waals surface area contributed by atoms with Crippen LogP contribution in [0.2, 0.25) is 0 Å². The van der Waals surface area contributed by atoms with Gasteiger partial charge in [0.15, 0.2) is 11.5 Å². The first-order valence-electron chi connectivity index (χ1n) is 10.6. The van der Waals surface area contributed by atoms with Crippen LogP contribution >= 0.6 is 0 Å². The largest absolute Gasteiger partial charge is 0.454 e. The summed E-state index contributed by atoms with van der Waals surface area (Å²) in [6, 6.07) is 8.10. The Kier molecular flexibility index (Phi) is 4.12. The fraction of sp³-hybridized carbons (Fsp3) is 0.348. The molecule has 6 rings (SSSR count). The van der Waals surface area contributed by atoms with E-state index in [0.29, 0.717) is 22.7 Å². The van der Waals surface area contributed by atoms with Gasteiger partial charge in [-0.1, -0.05) is 6.07 Å². The molecule has 1 spiro atoms. The van der Waals surface area contributed by atoms with Gasteiger partial charge in [-0.25, -0.2) is 4.39 Å². The van der Waals surface area contributed by atoms with Gasteiger partial charge in [0, 0.05) is 17.3 Å². The molecule has 3 N–H and O–H groups in total. The zero-order chi connectivity index (χ0) is 23.1. The number of rotatable bonds is 3. The summed E-state index contributed by atoms with van der Waals surface area (Å²) in [6.07, 6.45) is -1.04. The lowest BCUT2D eigenvalue weighted by Crippen LogP contribution is -2.54. The van der Waals surface area contributed by atoms with Crippen molar-refractivity contribution in [3.8, 4) is 11.5 Å². The van der Waals surface area contributed by atoms with Gasteiger partial charge in [0.05, 0.1) is 24.5 Å². The number of likely N-dealkylation sites (tertiary alicyclic amines) is 1. The third-order valence-electron chi connectivity index (χ3n) is 7.00. The molecule has 2 aromatic carbocycles. The van der Waals surface area contributed by atoms with Crippen LogP contribution in [0.15, 0.2) is 36.4 Å². The number of anilines is 1. The van der Waals surface area contributed by atoms with Gasteiger partial charge in [-0.05, 0) is 42.8 Å². The van der Waals surface area contributed by atoms with Crippen LogP contribution in [0, 0.1) is 17.7 Å². The molecule has 0 bridgehead atoms. The van der Waals surface area contributed by atoms with Crippen LogP contribution in [-0.2, 0) is 26.5 Å². The molecule has 5 atom stereocenters. The summed E-state index contributed by atoms with van der Waals surface area (Å²) in [5, 5.41) is 16.2. The molecule has 9 nitrogen and oxygen atoms in total. The number of nitrogens with one attached hydrogen (secondary N) is 2. The maximum atomic E-state index is 14.2. The maximum Gasteiger partial charge on any atom is 0.250 e. The molecule has 10 heteroatoms. The minimum atomic E-state index is -1.65. The number of aliphatic hydroxyl groups is 1. The number of carbonyl (C=O) groups is 3. The molecule has 4 heterocycles. The van der Waals surface area contributed by atoms with Crippen molar-refractivity contribution < 1.29 is 33.4 Å². The normalized spacial score (nSPS) is 30.1. The number of halogens is 1. The molecule has 0 aliphatic carbocycles. The van der Waals surface area contributed by atoms with E-state index in [4.69, 9.17) is 9.47 Å². The van der Waals surface area contributed by atoms with Gasteiger partial charge in [0.25, 0.3) is 0 Å². The molecule has 170 valence electrons. The van der Waals surface area contributed by atoms with E-state index in [1.807, 2.05) is 0 Å². The van der Waals surface area contributed by atoms with Crippen LogP contribution in [0.25, 0.3) is 0 Å². The van der Waals surface area contributed by atoms with E-state index in [1.54, 1.807) is 18.2 Å². The van der Waals surface area contributed by atoms with Crippen LogP contribution < -0.4 is 20.1 Å². The van der Waals surface area contributed by atoms with E-state index in [-0.39, 0.29) is 18.9 Å². The summed E-state index contributed by atoms with van der Waals surface area (Å²) in [6.45, 7) is 1.56. The number of hydrogen-bond donors (Lipinski definition) is 3. The van der Waals surface area contributed by atoms with Crippen molar-refractivity contribution >= 4 is 23.4 Å². The first-order chi connectivity index (χ1) is 15.8. The molecule has 2 aromatic rings. The molecule has 2 fully saturated rings. The molecule has 33 heavy (non-hydrogen) atoms. The lowest BCUT2D eigenvalue weighted by molar-refractivity contribution is -0.143. The number of ether oxygens (including phenoxy) is 2. The Morgan fingerprint density at radius 1 is 1.15 bits per heavy atom. The number of benzene rings is 2. The van der Waals surface area contributed by atoms with Gasteiger partial charge in [-0.3, -0.25) is 24.6 Å². The molecule has 0 aromatic heterocycles. The van der Waals surface area contributed by atoms with Gasteiger partial charge >= 0.3 is 0 Å². The van der Waals surface area contributed by atoms with Gasteiger partial charge in [0.1, 0.15) is 11.4 Å². The lowest BCUT2D eigenvalue weighted by atomic mass is 9.76. The highest BCUT2D eigenvalue weighted by molar-refractivity contribution is 6.15. The summed E-state index contributed by atoms with van der Waals surface area (Å²) in [5.41, 5.74) is -0.371. The Morgan fingerprint density at radius 2 is 1.94 bits per heavy atom. The van der Waals surface area contributed by atoms with Crippen molar-refractivity contribution in [3.63, 3.8) is 0 Å². The Morgan fingerprint density at radius 3 is 2.73 bits per heavy atom. The molecular formula is C23H20FN3O6. The number of hydrogen-bond acceptors (Lipinski definition) is 7. The smallest absolute Gasteiger partial charge is 0.250 e.